The van der Waals surface area contributed by atoms with Crippen molar-refractivity contribution >= 4 is 0 Å². The summed E-state index contributed by atoms with van der Waals surface area (Å²) in [4.78, 5) is 2.38. The Bertz CT molecular complexity index is 160. The van der Waals surface area contributed by atoms with Gasteiger partial charge in [-0.1, -0.05) is 0 Å². The fraction of sp³-hybridized carbons (Fsp3) is 1.00. The van der Waals surface area contributed by atoms with Crippen LogP contribution in [0.3, 0.4) is 0 Å². The van der Waals surface area contributed by atoms with Gasteiger partial charge in [-0.3, -0.25) is 0 Å². The molecule has 0 spiro atoms. The van der Waals surface area contributed by atoms with Crippen LogP contribution >= 0.6 is 0 Å². The van der Waals surface area contributed by atoms with Gasteiger partial charge in [0.25, 0.3) is 5.97 Å². The first-order chi connectivity index (χ1) is 7.26. The van der Waals surface area contributed by atoms with Gasteiger partial charge in [-0.2, -0.15) is 0 Å². The van der Waals surface area contributed by atoms with Crippen LogP contribution in [0.15, 0.2) is 0 Å². The summed E-state index contributed by atoms with van der Waals surface area (Å²) >= 11 is 0. The number of piperazine rings is 1. The minimum Gasteiger partial charge on any atom is -0.331 e. The minimum atomic E-state index is -0.884. The van der Waals surface area contributed by atoms with E-state index >= 15 is 0 Å². The zero-order chi connectivity index (χ0) is 11.1. The highest BCUT2D eigenvalue weighted by atomic mass is 16.9. The van der Waals surface area contributed by atoms with Gasteiger partial charge >= 0.3 is 0 Å². The smallest absolute Gasteiger partial charge is 0.283 e. The quantitative estimate of drug-likeness (QED) is 0.629. The Labute approximate surface area is 91.7 Å². The molecule has 15 heavy (non-hydrogen) atoms. The van der Waals surface area contributed by atoms with E-state index in [0.717, 1.165) is 39.1 Å². The van der Waals surface area contributed by atoms with Crippen molar-refractivity contribution in [1.82, 2.24) is 10.2 Å². The molecule has 1 heterocycles. The maximum absolute atomic E-state index is 5.24. The maximum atomic E-state index is 5.24. The van der Waals surface area contributed by atoms with E-state index in [9.17, 15) is 0 Å². The second-order valence-electron chi connectivity index (χ2n) is 3.64. The highest BCUT2D eigenvalue weighted by molar-refractivity contribution is 4.69. The number of rotatable bonds is 6. The van der Waals surface area contributed by atoms with Crippen LogP contribution in [-0.2, 0) is 14.2 Å². The predicted molar refractivity (Wildman–Crippen MR) is 57.7 cm³/mol. The molecule has 5 heteroatoms. The van der Waals surface area contributed by atoms with Crippen LogP contribution < -0.4 is 5.32 Å². The maximum Gasteiger partial charge on any atom is 0.283 e. The SMILES string of the molecule is COC(CCN1CCNCC1)(OC)OC. The van der Waals surface area contributed by atoms with Gasteiger partial charge in [-0.05, 0) is 0 Å². The van der Waals surface area contributed by atoms with E-state index in [1.54, 1.807) is 21.3 Å². The van der Waals surface area contributed by atoms with Crippen molar-refractivity contribution in [1.29, 1.82) is 0 Å². The normalized spacial score (nSPS) is 19.4. The molecule has 1 saturated heterocycles. The number of nitrogens with one attached hydrogen (secondary N) is 1. The first kappa shape index (κ1) is 12.9. The van der Waals surface area contributed by atoms with Gasteiger partial charge in [0, 0.05) is 60.5 Å². The first-order valence-corrected chi connectivity index (χ1v) is 5.35. The second kappa shape index (κ2) is 6.40. The molecule has 1 aliphatic heterocycles. The lowest BCUT2D eigenvalue weighted by molar-refractivity contribution is -0.355. The molecule has 1 fully saturated rings. The van der Waals surface area contributed by atoms with Crippen molar-refractivity contribution in [3.63, 3.8) is 0 Å². The van der Waals surface area contributed by atoms with Gasteiger partial charge in [-0.15, -0.1) is 0 Å². The molecule has 0 aliphatic carbocycles. The molecule has 0 unspecified atom stereocenters. The molecule has 0 amide bonds. The van der Waals surface area contributed by atoms with Crippen molar-refractivity contribution in [2.75, 3.05) is 54.1 Å². The van der Waals surface area contributed by atoms with E-state index in [4.69, 9.17) is 14.2 Å². The molecule has 1 aliphatic rings. The molecule has 0 aromatic carbocycles. The van der Waals surface area contributed by atoms with Gasteiger partial charge in [-0.25, -0.2) is 0 Å². The van der Waals surface area contributed by atoms with E-state index in [1.165, 1.54) is 0 Å². The lowest BCUT2D eigenvalue weighted by Crippen LogP contribution is -2.46. The molecule has 0 aromatic heterocycles. The average Bonchev–Trinajstić information content (AvgIpc) is 2.33. The van der Waals surface area contributed by atoms with E-state index in [2.05, 4.69) is 10.2 Å². The monoisotopic (exact) mass is 218 g/mol. The molecule has 0 aromatic rings. The molecular formula is C10H22N2O3. The topological polar surface area (TPSA) is 43.0 Å². The number of hydrogen-bond donors (Lipinski definition) is 1. The Kier molecular flexibility index (Phi) is 5.49. The summed E-state index contributed by atoms with van der Waals surface area (Å²) in [6.07, 6.45) is 0.719. The highest BCUT2D eigenvalue weighted by Gasteiger charge is 2.30. The van der Waals surface area contributed by atoms with Crippen LogP contribution in [0.25, 0.3) is 0 Å². The molecule has 90 valence electrons. The van der Waals surface area contributed by atoms with E-state index in [0.29, 0.717) is 0 Å². The summed E-state index contributed by atoms with van der Waals surface area (Å²) in [6.45, 7) is 5.19. The molecule has 0 radical (unpaired) electrons. The zero-order valence-corrected chi connectivity index (χ0v) is 9.91. The highest BCUT2D eigenvalue weighted by Crippen LogP contribution is 2.17. The van der Waals surface area contributed by atoms with Crippen molar-refractivity contribution in [3.8, 4) is 0 Å². The Hall–Kier alpha value is -0.200. The largest absolute Gasteiger partial charge is 0.331 e. The average molecular weight is 218 g/mol. The zero-order valence-electron chi connectivity index (χ0n) is 9.91. The Morgan fingerprint density at radius 1 is 1.07 bits per heavy atom. The summed E-state index contributed by atoms with van der Waals surface area (Å²) in [5, 5.41) is 3.32. The predicted octanol–water partition coefficient (Wildman–Crippen LogP) is -0.125. The number of hydrogen-bond acceptors (Lipinski definition) is 5. The Balaban J connectivity index is 2.31. The minimum absolute atomic E-state index is 0.719. The van der Waals surface area contributed by atoms with Gasteiger partial charge in [0.1, 0.15) is 0 Å². The third-order valence-corrected chi connectivity index (χ3v) is 2.88. The third kappa shape index (κ3) is 3.70. The van der Waals surface area contributed by atoms with Crippen molar-refractivity contribution in [2.24, 2.45) is 0 Å². The van der Waals surface area contributed by atoms with E-state index in [-0.39, 0.29) is 0 Å². The fourth-order valence-electron chi connectivity index (χ4n) is 1.79. The summed E-state index contributed by atoms with van der Waals surface area (Å²) in [5.41, 5.74) is 0. The van der Waals surface area contributed by atoms with Gasteiger partial charge in [0.05, 0.1) is 0 Å². The Morgan fingerprint density at radius 3 is 2.07 bits per heavy atom. The van der Waals surface area contributed by atoms with Crippen LogP contribution in [0.5, 0.6) is 0 Å². The third-order valence-electron chi connectivity index (χ3n) is 2.88. The molecule has 5 nitrogen and oxygen atoms in total. The van der Waals surface area contributed by atoms with Gasteiger partial charge in [0.15, 0.2) is 0 Å². The first-order valence-electron chi connectivity index (χ1n) is 5.35. The number of methoxy groups -OCH3 is 3. The standard InChI is InChI=1S/C10H22N2O3/c1-13-10(14-2,15-3)4-7-12-8-5-11-6-9-12/h11H,4-9H2,1-3H3. The lowest BCUT2D eigenvalue weighted by Gasteiger charge is -2.33. The molecule has 0 bridgehead atoms. The van der Waals surface area contributed by atoms with Crippen LogP contribution in [0.4, 0.5) is 0 Å². The summed E-state index contributed by atoms with van der Waals surface area (Å²) < 4.78 is 15.7. The summed E-state index contributed by atoms with van der Waals surface area (Å²) in [7, 11) is 4.81. The molecule has 1 N–H and O–H groups in total. The second-order valence-corrected chi connectivity index (χ2v) is 3.64. The van der Waals surface area contributed by atoms with Crippen LogP contribution in [0, 0.1) is 0 Å². The molecule has 0 saturated carbocycles. The van der Waals surface area contributed by atoms with Crippen LogP contribution in [0.1, 0.15) is 6.42 Å². The van der Waals surface area contributed by atoms with E-state index < -0.39 is 5.97 Å². The van der Waals surface area contributed by atoms with Gasteiger partial charge < -0.3 is 24.4 Å². The molecule has 0 atom stereocenters. The molecular weight excluding hydrogens is 196 g/mol. The van der Waals surface area contributed by atoms with Crippen molar-refractivity contribution in [2.45, 2.75) is 12.4 Å². The lowest BCUT2D eigenvalue weighted by atomic mass is 10.3. The van der Waals surface area contributed by atoms with Crippen molar-refractivity contribution in [3.05, 3.63) is 0 Å². The van der Waals surface area contributed by atoms with Crippen molar-refractivity contribution < 1.29 is 14.2 Å². The molecule has 1 rings (SSSR count). The number of nitrogens with zero attached hydrogens (tertiary/aromatic N) is 1. The van der Waals surface area contributed by atoms with Gasteiger partial charge in [0.2, 0.25) is 0 Å². The Morgan fingerprint density at radius 2 is 1.60 bits per heavy atom. The van der Waals surface area contributed by atoms with Crippen LogP contribution in [-0.4, -0.2) is 64.9 Å². The number of ether oxygens (including phenoxy) is 3. The summed E-state index contributed by atoms with van der Waals surface area (Å²) in [5.74, 6) is -0.884. The fourth-order valence-corrected chi connectivity index (χ4v) is 1.79. The van der Waals surface area contributed by atoms with E-state index in [1.807, 2.05) is 0 Å². The van der Waals surface area contributed by atoms with Crippen LogP contribution in [0.2, 0.25) is 0 Å². The summed E-state index contributed by atoms with van der Waals surface area (Å²) in [6, 6.07) is 0.